The number of hydrogen-bond donors (Lipinski definition) is 2. The van der Waals surface area contributed by atoms with Gasteiger partial charge in [-0.05, 0) is 25.7 Å². The third-order valence-corrected chi connectivity index (χ3v) is 4.49. The second kappa shape index (κ2) is 5.36. The molecule has 1 heterocycles. The lowest BCUT2D eigenvalue weighted by atomic mass is 9.76. The van der Waals surface area contributed by atoms with Crippen LogP contribution < -0.4 is 11.1 Å². The molecule has 0 aromatic carbocycles. The Morgan fingerprint density at radius 1 is 1.72 bits per heavy atom. The van der Waals surface area contributed by atoms with Crippen LogP contribution in [0.1, 0.15) is 42.5 Å². The Bertz CT molecular complexity index is 432. The Balaban J connectivity index is 1.91. The van der Waals surface area contributed by atoms with Crippen LogP contribution in [0.25, 0.3) is 0 Å². The third-order valence-electron chi connectivity index (χ3n) is 3.58. The number of aromatic nitrogens is 1. The normalized spacial score (nSPS) is 28.1. The molecule has 2 rings (SSSR count). The molecule has 0 bridgehead atoms. The number of rotatable bonds is 3. The molecule has 0 aliphatic heterocycles. The highest BCUT2D eigenvalue weighted by Crippen LogP contribution is 2.30. The molecule has 0 radical (unpaired) electrons. The minimum atomic E-state index is -0.669. The Morgan fingerprint density at radius 2 is 2.50 bits per heavy atom. The number of amides is 1. The van der Waals surface area contributed by atoms with Gasteiger partial charge >= 0.3 is 0 Å². The summed E-state index contributed by atoms with van der Waals surface area (Å²) in [7, 11) is 0. The number of nitrogens with two attached hydrogens (primary N) is 1. The fourth-order valence-electron chi connectivity index (χ4n) is 2.63. The zero-order valence-electron chi connectivity index (χ0n) is 11.0. The minimum absolute atomic E-state index is 0.0138. The van der Waals surface area contributed by atoms with Gasteiger partial charge in [-0.1, -0.05) is 19.8 Å². The summed E-state index contributed by atoms with van der Waals surface area (Å²) in [6.07, 6.45) is 5.63. The van der Waals surface area contributed by atoms with E-state index in [2.05, 4.69) is 17.2 Å². The second-order valence-corrected chi connectivity index (χ2v) is 6.71. The van der Waals surface area contributed by atoms with E-state index in [0.717, 1.165) is 29.1 Å². The molecule has 2 unspecified atom stereocenters. The fourth-order valence-corrected chi connectivity index (χ4v) is 3.36. The van der Waals surface area contributed by atoms with E-state index in [1.165, 1.54) is 6.42 Å². The van der Waals surface area contributed by atoms with E-state index in [4.69, 9.17) is 5.73 Å². The molecule has 0 spiro atoms. The summed E-state index contributed by atoms with van der Waals surface area (Å²) in [5.74, 6) is 0.528. The van der Waals surface area contributed by atoms with E-state index >= 15 is 0 Å². The Labute approximate surface area is 112 Å². The van der Waals surface area contributed by atoms with Crippen LogP contribution in [0, 0.1) is 12.8 Å². The van der Waals surface area contributed by atoms with Crippen molar-refractivity contribution in [2.45, 2.75) is 51.6 Å². The van der Waals surface area contributed by atoms with E-state index in [0.29, 0.717) is 12.5 Å². The van der Waals surface area contributed by atoms with E-state index < -0.39 is 5.54 Å². The molecule has 1 fully saturated rings. The molecule has 1 aliphatic rings. The second-order valence-electron chi connectivity index (χ2n) is 5.39. The maximum absolute atomic E-state index is 12.2. The average Bonchev–Trinajstić information content (AvgIpc) is 2.71. The highest BCUT2D eigenvalue weighted by Gasteiger charge is 2.37. The number of aryl methyl sites for hydroxylation is 1. The van der Waals surface area contributed by atoms with Crippen LogP contribution in [0.15, 0.2) is 6.20 Å². The van der Waals surface area contributed by atoms with Gasteiger partial charge in [0.25, 0.3) is 0 Å². The van der Waals surface area contributed by atoms with Gasteiger partial charge in [0.2, 0.25) is 5.91 Å². The molecule has 1 amide bonds. The quantitative estimate of drug-likeness (QED) is 0.880. The van der Waals surface area contributed by atoms with Crippen LogP contribution in [0.5, 0.6) is 0 Å². The van der Waals surface area contributed by atoms with Gasteiger partial charge < -0.3 is 11.1 Å². The Kier molecular flexibility index (Phi) is 4.02. The standard InChI is InChI=1S/C13H21N3OS/c1-9-4-3-5-13(14,6-9)12(17)16-8-11-7-15-10(2)18-11/h7,9H,3-6,8,14H2,1-2H3,(H,16,17). The number of carbonyl (C=O) groups is 1. The molecule has 1 aliphatic carbocycles. The summed E-state index contributed by atoms with van der Waals surface area (Å²) in [6.45, 7) is 4.67. The summed E-state index contributed by atoms with van der Waals surface area (Å²) < 4.78 is 0. The van der Waals surface area contributed by atoms with Crippen molar-refractivity contribution < 1.29 is 4.79 Å². The maximum atomic E-state index is 12.2. The monoisotopic (exact) mass is 267 g/mol. The van der Waals surface area contributed by atoms with Gasteiger partial charge in [0, 0.05) is 11.1 Å². The molecule has 1 aromatic heterocycles. The van der Waals surface area contributed by atoms with Crippen LogP contribution in [0.4, 0.5) is 0 Å². The van der Waals surface area contributed by atoms with E-state index in [-0.39, 0.29) is 5.91 Å². The van der Waals surface area contributed by atoms with Crippen LogP contribution in [-0.2, 0) is 11.3 Å². The van der Waals surface area contributed by atoms with Crippen LogP contribution >= 0.6 is 11.3 Å². The molecule has 2 atom stereocenters. The molecule has 100 valence electrons. The zero-order chi connectivity index (χ0) is 13.2. The van der Waals surface area contributed by atoms with Crippen molar-refractivity contribution in [3.63, 3.8) is 0 Å². The molecule has 1 aromatic rings. The van der Waals surface area contributed by atoms with E-state index in [9.17, 15) is 4.79 Å². The van der Waals surface area contributed by atoms with Crippen molar-refractivity contribution in [1.82, 2.24) is 10.3 Å². The van der Waals surface area contributed by atoms with Gasteiger partial charge in [0.15, 0.2) is 0 Å². The zero-order valence-corrected chi connectivity index (χ0v) is 11.8. The predicted octanol–water partition coefficient (Wildman–Crippen LogP) is 1.98. The highest BCUT2D eigenvalue weighted by atomic mass is 32.1. The van der Waals surface area contributed by atoms with E-state index in [1.807, 2.05) is 13.1 Å². The first-order valence-electron chi connectivity index (χ1n) is 6.48. The minimum Gasteiger partial charge on any atom is -0.350 e. The maximum Gasteiger partial charge on any atom is 0.240 e. The molecule has 1 saturated carbocycles. The van der Waals surface area contributed by atoms with Gasteiger partial charge in [-0.2, -0.15) is 0 Å². The first kappa shape index (κ1) is 13.5. The summed E-state index contributed by atoms with van der Waals surface area (Å²) in [6, 6.07) is 0. The van der Waals surface area contributed by atoms with Crippen LogP contribution in [0.3, 0.4) is 0 Å². The van der Waals surface area contributed by atoms with Gasteiger partial charge in [-0.3, -0.25) is 4.79 Å². The number of thiazole rings is 1. The molecule has 4 nitrogen and oxygen atoms in total. The molecule has 0 saturated heterocycles. The largest absolute Gasteiger partial charge is 0.350 e. The van der Waals surface area contributed by atoms with Gasteiger partial charge in [0.1, 0.15) is 0 Å². The van der Waals surface area contributed by atoms with Crippen LogP contribution in [-0.4, -0.2) is 16.4 Å². The number of nitrogens with zero attached hydrogens (tertiary/aromatic N) is 1. The molecular weight excluding hydrogens is 246 g/mol. The number of nitrogens with one attached hydrogen (secondary N) is 1. The van der Waals surface area contributed by atoms with Crippen molar-refractivity contribution in [3.8, 4) is 0 Å². The summed E-state index contributed by atoms with van der Waals surface area (Å²) in [5, 5.41) is 3.97. The van der Waals surface area contributed by atoms with Gasteiger partial charge in [-0.25, -0.2) is 4.98 Å². The molecule has 18 heavy (non-hydrogen) atoms. The molecular formula is C13H21N3OS. The predicted molar refractivity (Wildman–Crippen MR) is 73.2 cm³/mol. The lowest BCUT2D eigenvalue weighted by Gasteiger charge is -2.35. The lowest BCUT2D eigenvalue weighted by Crippen LogP contribution is -2.56. The summed E-state index contributed by atoms with van der Waals surface area (Å²) >= 11 is 1.61. The van der Waals surface area contributed by atoms with E-state index in [1.54, 1.807) is 11.3 Å². The molecule has 3 N–H and O–H groups in total. The first-order valence-corrected chi connectivity index (χ1v) is 7.30. The Hall–Kier alpha value is -0.940. The highest BCUT2D eigenvalue weighted by molar-refractivity contribution is 7.11. The van der Waals surface area contributed by atoms with Crippen molar-refractivity contribution >= 4 is 17.2 Å². The smallest absolute Gasteiger partial charge is 0.240 e. The number of hydrogen-bond acceptors (Lipinski definition) is 4. The Morgan fingerprint density at radius 3 is 3.11 bits per heavy atom. The van der Waals surface area contributed by atoms with Gasteiger partial charge in [0.05, 0.1) is 17.1 Å². The average molecular weight is 267 g/mol. The first-order chi connectivity index (χ1) is 8.49. The third kappa shape index (κ3) is 3.09. The van der Waals surface area contributed by atoms with Crippen molar-refractivity contribution in [1.29, 1.82) is 0 Å². The van der Waals surface area contributed by atoms with Gasteiger partial charge in [-0.15, -0.1) is 11.3 Å². The summed E-state index contributed by atoms with van der Waals surface area (Å²) in [5.41, 5.74) is 5.57. The lowest BCUT2D eigenvalue weighted by molar-refractivity contribution is -0.128. The van der Waals surface area contributed by atoms with Crippen molar-refractivity contribution in [2.75, 3.05) is 0 Å². The topological polar surface area (TPSA) is 68.0 Å². The summed E-state index contributed by atoms with van der Waals surface area (Å²) in [4.78, 5) is 17.4. The molecule has 5 heteroatoms. The van der Waals surface area contributed by atoms with Crippen molar-refractivity contribution in [2.24, 2.45) is 11.7 Å². The van der Waals surface area contributed by atoms with Crippen molar-refractivity contribution in [3.05, 3.63) is 16.1 Å². The SMILES string of the molecule is Cc1ncc(CNC(=O)C2(N)CCCC(C)C2)s1. The van der Waals surface area contributed by atoms with Crippen LogP contribution in [0.2, 0.25) is 0 Å². The fraction of sp³-hybridized carbons (Fsp3) is 0.692. The number of carbonyl (C=O) groups excluding carboxylic acids is 1.